The summed E-state index contributed by atoms with van der Waals surface area (Å²) < 4.78 is 0. The first kappa shape index (κ1) is 30.4. The predicted molar refractivity (Wildman–Crippen MR) is 215 cm³/mol. The van der Waals surface area contributed by atoms with Gasteiger partial charge in [-0.25, -0.2) is 0 Å². The van der Waals surface area contributed by atoms with Crippen molar-refractivity contribution in [1.29, 1.82) is 0 Å². The molecule has 0 aromatic heterocycles. The molecule has 1 aliphatic rings. The Kier molecular flexibility index (Phi) is 6.80. The minimum absolute atomic E-state index is 0.0628. The zero-order valence-corrected chi connectivity index (χ0v) is 29.5. The third-order valence-corrected chi connectivity index (χ3v) is 11.0. The van der Waals surface area contributed by atoms with E-state index in [1.807, 2.05) is 0 Å². The van der Waals surface area contributed by atoms with Crippen LogP contribution in [0.4, 0.5) is 17.1 Å². The Morgan fingerprint density at radius 3 is 1.74 bits per heavy atom. The molecular formula is C49H41N. The van der Waals surface area contributed by atoms with Crippen LogP contribution in [0.15, 0.2) is 158 Å². The lowest BCUT2D eigenvalue weighted by molar-refractivity contribution is 0.590. The third-order valence-electron chi connectivity index (χ3n) is 11.0. The SMILES string of the molecule is CC(C)(C)c1ccc(N(c2ccc3c(c2)C(C)(C)c2cc4ccccc4cc2-3)c2ccc3ccccc3c2-c2cccc3ccccc23)cc1. The molecule has 0 spiro atoms. The van der Waals surface area contributed by atoms with Crippen LogP contribution < -0.4 is 4.90 Å². The first-order chi connectivity index (χ1) is 24.2. The van der Waals surface area contributed by atoms with Gasteiger partial charge in [0.25, 0.3) is 0 Å². The summed E-state index contributed by atoms with van der Waals surface area (Å²) in [5, 5.41) is 7.57. The Bertz CT molecular complexity index is 2590. The average molecular weight is 644 g/mol. The van der Waals surface area contributed by atoms with Gasteiger partial charge in [-0.3, -0.25) is 0 Å². The van der Waals surface area contributed by atoms with Crippen molar-refractivity contribution in [3.05, 3.63) is 174 Å². The molecule has 8 aromatic rings. The van der Waals surface area contributed by atoms with Crippen molar-refractivity contribution in [1.82, 2.24) is 0 Å². The van der Waals surface area contributed by atoms with E-state index in [9.17, 15) is 0 Å². The van der Waals surface area contributed by atoms with E-state index in [-0.39, 0.29) is 10.8 Å². The Hall–Kier alpha value is -5.66. The number of hydrogen-bond donors (Lipinski definition) is 0. The van der Waals surface area contributed by atoms with Crippen molar-refractivity contribution < 1.29 is 0 Å². The van der Waals surface area contributed by atoms with Crippen molar-refractivity contribution in [2.45, 2.75) is 45.4 Å². The maximum absolute atomic E-state index is 2.49. The maximum atomic E-state index is 2.49. The fourth-order valence-corrected chi connectivity index (χ4v) is 8.26. The molecular weight excluding hydrogens is 603 g/mol. The highest BCUT2D eigenvalue weighted by atomic mass is 15.1. The van der Waals surface area contributed by atoms with Crippen LogP contribution >= 0.6 is 0 Å². The van der Waals surface area contributed by atoms with Gasteiger partial charge < -0.3 is 4.90 Å². The molecule has 0 amide bonds. The van der Waals surface area contributed by atoms with E-state index in [1.165, 1.54) is 76.9 Å². The fraction of sp³-hybridized carbons (Fsp3) is 0.143. The molecule has 0 unspecified atom stereocenters. The number of nitrogens with zero attached hydrogens (tertiary/aromatic N) is 1. The number of rotatable bonds is 4. The topological polar surface area (TPSA) is 3.24 Å². The Morgan fingerprint density at radius 2 is 1.02 bits per heavy atom. The predicted octanol–water partition coefficient (Wildman–Crippen LogP) is 13.9. The van der Waals surface area contributed by atoms with Gasteiger partial charge >= 0.3 is 0 Å². The monoisotopic (exact) mass is 643 g/mol. The molecule has 0 radical (unpaired) electrons. The molecule has 0 atom stereocenters. The van der Waals surface area contributed by atoms with E-state index >= 15 is 0 Å². The van der Waals surface area contributed by atoms with Gasteiger partial charge in [0.2, 0.25) is 0 Å². The number of benzene rings is 8. The normalized spacial score (nSPS) is 13.5. The summed E-state index contributed by atoms with van der Waals surface area (Å²) in [4.78, 5) is 2.49. The van der Waals surface area contributed by atoms with Crippen LogP contribution in [0, 0.1) is 0 Å². The molecule has 8 aromatic carbocycles. The minimum Gasteiger partial charge on any atom is -0.310 e. The maximum Gasteiger partial charge on any atom is 0.0546 e. The van der Waals surface area contributed by atoms with Crippen molar-refractivity contribution in [2.75, 3.05) is 4.90 Å². The minimum atomic E-state index is -0.145. The van der Waals surface area contributed by atoms with Crippen molar-refractivity contribution in [3.8, 4) is 22.3 Å². The lowest BCUT2D eigenvalue weighted by Crippen LogP contribution is -2.17. The summed E-state index contributed by atoms with van der Waals surface area (Å²) in [7, 11) is 0. The Labute approximate surface area is 295 Å². The van der Waals surface area contributed by atoms with Crippen LogP contribution in [0.3, 0.4) is 0 Å². The lowest BCUT2D eigenvalue weighted by Gasteiger charge is -2.31. The van der Waals surface area contributed by atoms with E-state index < -0.39 is 0 Å². The molecule has 1 heteroatoms. The quantitative estimate of drug-likeness (QED) is 0.184. The van der Waals surface area contributed by atoms with Gasteiger partial charge in [-0.2, -0.15) is 0 Å². The molecule has 242 valence electrons. The summed E-state index contributed by atoms with van der Waals surface area (Å²) in [5.41, 5.74) is 12.6. The molecule has 1 aliphatic carbocycles. The van der Waals surface area contributed by atoms with Gasteiger partial charge in [-0.15, -0.1) is 0 Å². The first-order valence-corrected chi connectivity index (χ1v) is 17.8. The first-order valence-electron chi connectivity index (χ1n) is 17.8. The zero-order valence-electron chi connectivity index (χ0n) is 29.5. The third kappa shape index (κ3) is 4.76. The van der Waals surface area contributed by atoms with Gasteiger partial charge in [0.1, 0.15) is 0 Å². The molecule has 50 heavy (non-hydrogen) atoms. The van der Waals surface area contributed by atoms with E-state index in [4.69, 9.17) is 0 Å². The molecule has 1 nitrogen and oxygen atoms in total. The zero-order chi connectivity index (χ0) is 34.2. The number of anilines is 3. The van der Waals surface area contributed by atoms with E-state index in [0.29, 0.717) is 0 Å². The van der Waals surface area contributed by atoms with Gasteiger partial charge in [-0.05, 0) is 114 Å². The molecule has 0 saturated heterocycles. The molecule has 0 fully saturated rings. The van der Waals surface area contributed by atoms with Gasteiger partial charge in [0.15, 0.2) is 0 Å². The molecule has 0 heterocycles. The van der Waals surface area contributed by atoms with Crippen molar-refractivity contribution in [2.24, 2.45) is 0 Å². The molecule has 0 N–H and O–H groups in total. The summed E-state index contributed by atoms with van der Waals surface area (Å²) >= 11 is 0. The largest absolute Gasteiger partial charge is 0.310 e. The Balaban J connectivity index is 1.32. The van der Waals surface area contributed by atoms with Gasteiger partial charge in [0, 0.05) is 22.4 Å². The number of fused-ring (bicyclic) bond motifs is 6. The second kappa shape index (κ2) is 11.2. The molecule has 0 aliphatic heterocycles. The summed E-state index contributed by atoms with van der Waals surface area (Å²) in [6.45, 7) is 11.6. The van der Waals surface area contributed by atoms with E-state index in [2.05, 4.69) is 197 Å². The highest BCUT2D eigenvalue weighted by molar-refractivity contribution is 6.11. The van der Waals surface area contributed by atoms with E-state index in [0.717, 1.165) is 11.4 Å². The van der Waals surface area contributed by atoms with Crippen LogP contribution in [0.25, 0.3) is 54.6 Å². The molecule has 0 bridgehead atoms. The lowest BCUT2D eigenvalue weighted by atomic mass is 9.81. The second-order valence-electron chi connectivity index (χ2n) is 15.4. The summed E-state index contributed by atoms with van der Waals surface area (Å²) in [6, 6.07) is 58.8. The van der Waals surface area contributed by atoms with Gasteiger partial charge in [-0.1, -0.05) is 150 Å². The molecule has 9 rings (SSSR count). The van der Waals surface area contributed by atoms with Gasteiger partial charge in [0.05, 0.1) is 5.69 Å². The van der Waals surface area contributed by atoms with Crippen LogP contribution in [0.5, 0.6) is 0 Å². The van der Waals surface area contributed by atoms with Crippen LogP contribution in [0.1, 0.15) is 51.3 Å². The standard InChI is InChI=1S/C49H41N/c1-48(2,3)36-22-24-37(25-23-36)50(38-26-27-41-43-29-34-15-6-7-16-35(34)30-44(43)49(4,5)45(41)31-38)46-28-21-33-14-9-11-19-40(33)47(46)42-20-12-17-32-13-8-10-18-39(32)42/h6-31H,1-5H3. The van der Waals surface area contributed by atoms with Crippen LogP contribution in [-0.2, 0) is 10.8 Å². The molecule has 0 saturated carbocycles. The smallest absolute Gasteiger partial charge is 0.0546 e. The van der Waals surface area contributed by atoms with E-state index in [1.54, 1.807) is 0 Å². The fourth-order valence-electron chi connectivity index (χ4n) is 8.26. The second-order valence-corrected chi connectivity index (χ2v) is 15.4. The Morgan fingerprint density at radius 1 is 0.440 bits per heavy atom. The van der Waals surface area contributed by atoms with Crippen LogP contribution in [-0.4, -0.2) is 0 Å². The van der Waals surface area contributed by atoms with Crippen molar-refractivity contribution >= 4 is 49.4 Å². The number of hydrogen-bond acceptors (Lipinski definition) is 1. The van der Waals surface area contributed by atoms with Crippen LogP contribution in [0.2, 0.25) is 0 Å². The highest BCUT2D eigenvalue weighted by Crippen LogP contribution is 2.53. The highest BCUT2D eigenvalue weighted by Gasteiger charge is 2.36. The summed E-state index contributed by atoms with van der Waals surface area (Å²) in [6.07, 6.45) is 0. The van der Waals surface area contributed by atoms with Crippen molar-refractivity contribution in [3.63, 3.8) is 0 Å². The summed E-state index contributed by atoms with van der Waals surface area (Å²) in [5.74, 6) is 0. The average Bonchev–Trinajstić information content (AvgIpc) is 3.35.